The van der Waals surface area contributed by atoms with E-state index in [9.17, 15) is 0 Å². The number of rotatable bonds is 3. The monoisotopic (exact) mass is 278 g/mol. The molecule has 2 heteroatoms. The van der Waals surface area contributed by atoms with Crippen molar-refractivity contribution in [2.24, 2.45) is 5.92 Å². The van der Waals surface area contributed by atoms with E-state index in [1.165, 1.54) is 77.3 Å². The lowest BCUT2D eigenvalue weighted by Crippen LogP contribution is -2.66. The van der Waals surface area contributed by atoms with E-state index in [4.69, 9.17) is 0 Å². The number of hydrogen-bond acceptors (Lipinski definition) is 2. The van der Waals surface area contributed by atoms with Crippen LogP contribution in [0.1, 0.15) is 78.1 Å². The lowest BCUT2D eigenvalue weighted by Gasteiger charge is -2.52. The largest absolute Gasteiger partial charge is 0.308 e. The van der Waals surface area contributed by atoms with E-state index in [1.54, 1.807) is 0 Å². The fourth-order valence-electron chi connectivity index (χ4n) is 5.24. The highest BCUT2D eigenvalue weighted by Crippen LogP contribution is 2.38. The van der Waals surface area contributed by atoms with Crippen molar-refractivity contribution >= 4 is 0 Å². The molecule has 2 saturated carbocycles. The number of hydrogen-bond donors (Lipinski definition) is 1. The van der Waals surface area contributed by atoms with E-state index in [0.29, 0.717) is 5.54 Å². The summed E-state index contributed by atoms with van der Waals surface area (Å²) < 4.78 is 0. The third kappa shape index (κ3) is 2.78. The summed E-state index contributed by atoms with van der Waals surface area (Å²) in [6, 6.07) is 1.68. The average molecular weight is 278 g/mol. The van der Waals surface area contributed by atoms with Gasteiger partial charge >= 0.3 is 0 Å². The Bertz CT molecular complexity index is 309. The Labute approximate surface area is 125 Å². The molecule has 1 spiro atoms. The standard InChI is InChI=1S/C18H34N2/c1-3-15-9-5-6-10-17(15)20-14-18(11-7-8-12-18)19-13-16(20)4-2/h15-17,19H,3-14H2,1-2H3. The zero-order chi connectivity index (χ0) is 14.0. The van der Waals surface area contributed by atoms with Gasteiger partial charge in [-0.2, -0.15) is 0 Å². The van der Waals surface area contributed by atoms with Crippen LogP contribution in [0.5, 0.6) is 0 Å². The maximum Gasteiger partial charge on any atom is 0.0309 e. The van der Waals surface area contributed by atoms with Gasteiger partial charge in [-0.3, -0.25) is 4.90 Å². The molecule has 116 valence electrons. The zero-order valence-corrected chi connectivity index (χ0v) is 13.7. The Morgan fingerprint density at radius 1 is 1.00 bits per heavy atom. The molecule has 0 radical (unpaired) electrons. The minimum Gasteiger partial charge on any atom is -0.308 e. The van der Waals surface area contributed by atoms with Crippen LogP contribution in [0.15, 0.2) is 0 Å². The van der Waals surface area contributed by atoms with E-state index in [-0.39, 0.29) is 0 Å². The average Bonchev–Trinajstić information content (AvgIpc) is 2.95. The molecule has 2 aliphatic carbocycles. The summed E-state index contributed by atoms with van der Waals surface area (Å²) in [4.78, 5) is 2.97. The van der Waals surface area contributed by atoms with Gasteiger partial charge in [0.15, 0.2) is 0 Å². The molecular formula is C18H34N2. The zero-order valence-electron chi connectivity index (χ0n) is 13.7. The molecule has 3 unspecified atom stereocenters. The van der Waals surface area contributed by atoms with Crippen molar-refractivity contribution < 1.29 is 0 Å². The van der Waals surface area contributed by atoms with Crippen LogP contribution < -0.4 is 5.32 Å². The summed E-state index contributed by atoms with van der Waals surface area (Å²) in [5, 5.41) is 3.96. The Balaban J connectivity index is 1.75. The molecule has 2 nitrogen and oxygen atoms in total. The fourth-order valence-corrected chi connectivity index (χ4v) is 5.24. The highest BCUT2D eigenvalue weighted by atomic mass is 15.3. The van der Waals surface area contributed by atoms with Gasteiger partial charge in [0.25, 0.3) is 0 Å². The fraction of sp³-hybridized carbons (Fsp3) is 1.00. The minimum atomic E-state index is 0.488. The minimum absolute atomic E-state index is 0.488. The van der Waals surface area contributed by atoms with Gasteiger partial charge < -0.3 is 5.32 Å². The van der Waals surface area contributed by atoms with Crippen LogP contribution in [0.2, 0.25) is 0 Å². The van der Waals surface area contributed by atoms with Gasteiger partial charge in [-0.15, -0.1) is 0 Å². The molecule has 3 aliphatic rings. The van der Waals surface area contributed by atoms with Crippen molar-refractivity contribution in [2.75, 3.05) is 13.1 Å². The number of piperazine rings is 1. The van der Waals surface area contributed by atoms with Crippen LogP contribution in [0.4, 0.5) is 0 Å². The van der Waals surface area contributed by atoms with E-state index in [1.807, 2.05) is 0 Å². The van der Waals surface area contributed by atoms with E-state index in [2.05, 4.69) is 24.1 Å². The van der Waals surface area contributed by atoms with Crippen LogP contribution in [0.25, 0.3) is 0 Å². The molecule has 3 atom stereocenters. The molecule has 20 heavy (non-hydrogen) atoms. The quantitative estimate of drug-likeness (QED) is 0.841. The summed E-state index contributed by atoms with van der Waals surface area (Å²) in [7, 11) is 0. The van der Waals surface area contributed by atoms with Crippen molar-refractivity contribution in [3.05, 3.63) is 0 Å². The number of nitrogens with one attached hydrogen (secondary N) is 1. The van der Waals surface area contributed by atoms with Gasteiger partial charge in [0.05, 0.1) is 0 Å². The normalized spacial score (nSPS) is 38.4. The lowest BCUT2D eigenvalue weighted by atomic mass is 9.79. The van der Waals surface area contributed by atoms with Gasteiger partial charge in [0.2, 0.25) is 0 Å². The Kier molecular flexibility index (Phi) is 4.72. The smallest absolute Gasteiger partial charge is 0.0309 e. The number of nitrogens with zero attached hydrogens (tertiary/aromatic N) is 1. The Morgan fingerprint density at radius 3 is 2.45 bits per heavy atom. The van der Waals surface area contributed by atoms with Gasteiger partial charge in [0.1, 0.15) is 0 Å². The summed E-state index contributed by atoms with van der Waals surface area (Å²) in [6.45, 7) is 7.38. The van der Waals surface area contributed by atoms with Gasteiger partial charge in [0, 0.05) is 30.7 Å². The van der Waals surface area contributed by atoms with Crippen LogP contribution in [-0.4, -0.2) is 35.6 Å². The molecule has 1 N–H and O–H groups in total. The third-order valence-corrected chi connectivity index (χ3v) is 6.52. The van der Waals surface area contributed by atoms with E-state index >= 15 is 0 Å². The second-order valence-corrected chi connectivity index (χ2v) is 7.62. The summed E-state index contributed by atoms with van der Waals surface area (Å²) in [5.41, 5.74) is 0.488. The Hall–Kier alpha value is -0.0800. The second-order valence-electron chi connectivity index (χ2n) is 7.62. The van der Waals surface area contributed by atoms with Gasteiger partial charge in [-0.25, -0.2) is 0 Å². The molecule has 3 fully saturated rings. The highest BCUT2D eigenvalue weighted by Gasteiger charge is 2.44. The van der Waals surface area contributed by atoms with E-state index < -0.39 is 0 Å². The molecule has 0 amide bonds. The Morgan fingerprint density at radius 2 is 1.75 bits per heavy atom. The lowest BCUT2D eigenvalue weighted by molar-refractivity contribution is 0.00148. The predicted molar refractivity (Wildman–Crippen MR) is 86.0 cm³/mol. The first kappa shape index (κ1) is 14.8. The predicted octanol–water partition coefficient (Wildman–Crippen LogP) is 3.95. The second kappa shape index (κ2) is 6.36. The van der Waals surface area contributed by atoms with Crippen molar-refractivity contribution in [3.8, 4) is 0 Å². The molecule has 1 heterocycles. The maximum atomic E-state index is 3.96. The van der Waals surface area contributed by atoms with Crippen molar-refractivity contribution in [3.63, 3.8) is 0 Å². The molecule has 1 aliphatic heterocycles. The molecule has 0 aromatic rings. The summed E-state index contributed by atoms with van der Waals surface area (Å²) >= 11 is 0. The van der Waals surface area contributed by atoms with Crippen molar-refractivity contribution in [1.82, 2.24) is 10.2 Å². The van der Waals surface area contributed by atoms with Crippen molar-refractivity contribution in [1.29, 1.82) is 0 Å². The molecule has 1 saturated heterocycles. The molecule has 3 rings (SSSR count). The first-order valence-electron chi connectivity index (χ1n) is 9.29. The van der Waals surface area contributed by atoms with Crippen LogP contribution in [0, 0.1) is 5.92 Å². The topological polar surface area (TPSA) is 15.3 Å². The molecule has 0 aromatic heterocycles. The summed E-state index contributed by atoms with van der Waals surface area (Å²) in [5.74, 6) is 0.967. The highest BCUT2D eigenvalue weighted by molar-refractivity contribution is 5.03. The third-order valence-electron chi connectivity index (χ3n) is 6.52. The molecule has 0 aromatic carbocycles. The van der Waals surface area contributed by atoms with Crippen LogP contribution in [-0.2, 0) is 0 Å². The van der Waals surface area contributed by atoms with Crippen LogP contribution >= 0.6 is 0 Å². The first-order chi connectivity index (χ1) is 9.78. The summed E-state index contributed by atoms with van der Waals surface area (Å²) in [6.07, 6.45) is 14.3. The van der Waals surface area contributed by atoms with E-state index in [0.717, 1.165) is 18.0 Å². The van der Waals surface area contributed by atoms with Gasteiger partial charge in [-0.05, 0) is 38.0 Å². The maximum absolute atomic E-state index is 3.96. The van der Waals surface area contributed by atoms with Gasteiger partial charge in [-0.1, -0.05) is 46.0 Å². The first-order valence-corrected chi connectivity index (χ1v) is 9.29. The molecular weight excluding hydrogens is 244 g/mol. The SMILES string of the molecule is CCC1CCCCC1N1CC2(CCCC2)NCC1CC. The van der Waals surface area contributed by atoms with Crippen LogP contribution in [0.3, 0.4) is 0 Å². The van der Waals surface area contributed by atoms with Crippen molar-refractivity contribution in [2.45, 2.75) is 95.7 Å². The molecule has 0 bridgehead atoms.